The van der Waals surface area contributed by atoms with Crippen LogP contribution in [-0.4, -0.2) is 50.2 Å². The van der Waals surface area contributed by atoms with E-state index in [1.165, 1.54) is 0 Å². The van der Waals surface area contributed by atoms with E-state index in [2.05, 4.69) is 9.89 Å². The fraction of sp³-hybridized carbons (Fsp3) is 0.467. The van der Waals surface area contributed by atoms with Gasteiger partial charge in [0.2, 0.25) is 0 Å². The van der Waals surface area contributed by atoms with Crippen LogP contribution in [0.1, 0.15) is 23.2 Å². The summed E-state index contributed by atoms with van der Waals surface area (Å²) in [6.07, 6.45) is 1.37. The summed E-state index contributed by atoms with van der Waals surface area (Å²) in [4.78, 5) is 18.7. The second kappa shape index (κ2) is 6.48. The molecule has 0 atom stereocenters. The summed E-state index contributed by atoms with van der Waals surface area (Å²) < 4.78 is 5.65. The van der Waals surface area contributed by atoms with Gasteiger partial charge in [-0.1, -0.05) is 12.1 Å². The summed E-state index contributed by atoms with van der Waals surface area (Å²) in [5, 5.41) is 0. The van der Waals surface area contributed by atoms with Gasteiger partial charge in [-0.25, -0.2) is 0 Å². The number of para-hydroxylation sites is 1. The third kappa shape index (κ3) is 3.89. The Balaban J connectivity index is 1.97. The van der Waals surface area contributed by atoms with E-state index in [-0.39, 0.29) is 5.78 Å². The van der Waals surface area contributed by atoms with Crippen LogP contribution in [0.4, 0.5) is 0 Å². The van der Waals surface area contributed by atoms with Gasteiger partial charge in [0.1, 0.15) is 12.4 Å². The highest BCUT2D eigenvalue weighted by molar-refractivity contribution is 6.12. The SMILES string of the molecule is CN(C)CCCN=C1COc2ccccc2C(=O)C1. The summed E-state index contributed by atoms with van der Waals surface area (Å²) in [6.45, 7) is 2.18. The summed E-state index contributed by atoms with van der Waals surface area (Å²) in [6, 6.07) is 7.39. The summed E-state index contributed by atoms with van der Waals surface area (Å²) in [5.41, 5.74) is 1.51. The van der Waals surface area contributed by atoms with Crippen molar-refractivity contribution in [3.05, 3.63) is 29.8 Å². The minimum atomic E-state index is 0.0967. The fourth-order valence-corrected chi connectivity index (χ4v) is 2.04. The average Bonchev–Trinajstić information content (AvgIpc) is 2.55. The lowest BCUT2D eigenvalue weighted by atomic mass is 10.1. The largest absolute Gasteiger partial charge is 0.487 e. The first-order chi connectivity index (χ1) is 9.16. The molecule has 0 saturated heterocycles. The summed E-state index contributed by atoms with van der Waals surface area (Å²) in [7, 11) is 4.09. The van der Waals surface area contributed by atoms with E-state index in [4.69, 9.17) is 4.74 Å². The number of ketones is 1. The zero-order valence-electron chi connectivity index (χ0n) is 11.6. The average molecular weight is 260 g/mol. The van der Waals surface area contributed by atoms with Gasteiger partial charge >= 0.3 is 0 Å². The molecule has 0 aliphatic carbocycles. The Hall–Kier alpha value is -1.68. The van der Waals surface area contributed by atoms with E-state index >= 15 is 0 Å². The highest BCUT2D eigenvalue weighted by Gasteiger charge is 2.19. The molecule has 0 amide bonds. The second-order valence-corrected chi connectivity index (χ2v) is 4.99. The van der Waals surface area contributed by atoms with Gasteiger partial charge in [0, 0.05) is 6.54 Å². The van der Waals surface area contributed by atoms with Crippen LogP contribution in [-0.2, 0) is 0 Å². The molecule has 1 aliphatic rings. The third-order valence-electron chi connectivity index (χ3n) is 3.05. The van der Waals surface area contributed by atoms with E-state index in [0.717, 1.165) is 25.2 Å². The molecule has 0 fully saturated rings. The molecule has 1 aliphatic heterocycles. The van der Waals surface area contributed by atoms with E-state index in [0.29, 0.717) is 24.3 Å². The van der Waals surface area contributed by atoms with Crippen LogP contribution in [0.5, 0.6) is 5.75 Å². The predicted octanol–water partition coefficient (Wildman–Crippen LogP) is 2.04. The fourth-order valence-electron chi connectivity index (χ4n) is 2.04. The van der Waals surface area contributed by atoms with Crippen molar-refractivity contribution in [3.8, 4) is 5.75 Å². The highest BCUT2D eigenvalue weighted by Crippen LogP contribution is 2.22. The van der Waals surface area contributed by atoms with Crippen LogP contribution in [0.25, 0.3) is 0 Å². The molecule has 4 nitrogen and oxygen atoms in total. The van der Waals surface area contributed by atoms with Gasteiger partial charge < -0.3 is 9.64 Å². The smallest absolute Gasteiger partial charge is 0.172 e. The molecule has 102 valence electrons. The minimum absolute atomic E-state index is 0.0967. The van der Waals surface area contributed by atoms with Crippen molar-refractivity contribution in [1.82, 2.24) is 4.90 Å². The molecule has 0 N–H and O–H groups in total. The van der Waals surface area contributed by atoms with Crippen LogP contribution in [0.15, 0.2) is 29.3 Å². The van der Waals surface area contributed by atoms with Gasteiger partial charge in [-0.05, 0) is 39.2 Å². The zero-order chi connectivity index (χ0) is 13.7. The summed E-state index contributed by atoms with van der Waals surface area (Å²) >= 11 is 0. The first-order valence-electron chi connectivity index (χ1n) is 6.59. The van der Waals surface area contributed by atoms with Crippen molar-refractivity contribution >= 4 is 11.5 Å². The third-order valence-corrected chi connectivity index (χ3v) is 3.05. The Morgan fingerprint density at radius 1 is 1.32 bits per heavy atom. The number of ether oxygens (including phenoxy) is 1. The quantitative estimate of drug-likeness (QED) is 0.778. The number of benzene rings is 1. The number of nitrogens with zero attached hydrogens (tertiary/aromatic N) is 2. The molecule has 19 heavy (non-hydrogen) atoms. The molecule has 0 saturated carbocycles. The Morgan fingerprint density at radius 3 is 2.89 bits per heavy atom. The number of aliphatic imine (C=N–C) groups is 1. The molecule has 0 unspecified atom stereocenters. The lowest BCUT2D eigenvalue weighted by Gasteiger charge is -2.08. The normalized spacial score (nSPS) is 17.2. The van der Waals surface area contributed by atoms with Crippen LogP contribution in [0.2, 0.25) is 0 Å². The number of carbonyl (C=O) groups is 1. The molecular weight excluding hydrogens is 240 g/mol. The van der Waals surface area contributed by atoms with E-state index in [1.807, 2.05) is 38.4 Å². The minimum Gasteiger partial charge on any atom is -0.487 e. The molecule has 4 heteroatoms. The number of fused-ring (bicyclic) bond motifs is 1. The van der Waals surface area contributed by atoms with E-state index in [1.54, 1.807) is 0 Å². The van der Waals surface area contributed by atoms with Gasteiger partial charge in [-0.15, -0.1) is 0 Å². The standard InChI is InChI=1S/C15H20N2O2/c1-17(2)9-5-8-16-12-10-14(18)13-6-3-4-7-15(13)19-11-12/h3-4,6-7H,5,8-11H2,1-2H3. The number of carbonyl (C=O) groups excluding carboxylic acids is 1. The van der Waals surface area contributed by atoms with Crippen molar-refractivity contribution in [2.24, 2.45) is 4.99 Å². The molecule has 1 heterocycles. The maximum absolute atomic E-state index is 12.1. The lowest BCUT2D eigenvalue weighted by Crippen LogP contribution is -2.15. The number of Topliss-reactive ketones (excluding diaryl/α,β-unsaturated/α-hetero) is 1. The first-order valence-corrected chi connectivity index (χ1v) is 6.59. The number of hydrogen-bond acceptors (Lipinski definition) is 4. The molecule has 0 aromatic heterocycles. The van der Waals surface area contributed by atoms with Crippen molar-refractivity contribution < 1.29 is 9.53 Å². The molecule has 0 spiro atoms. The van der Waals surface area contributed by atoms with E-state index in [9.17, 15) is 4.79 Å². The van der Waals surface area contributed by atoms with Crippen molar-refractivity contribution in [1.29, 1.82) is 0 Å². The summed E-state index contributed by atoms with van der Waals surface area (Å²) in [5.74, 6) is 0.769. The number of rotatable bonds is 4. The van der Waals surface area contributed by atoms with Crippen LogP contribution >= 0.6 is 0 Å². The Bertz CT molecular complexity index is 481. The van der Waals surface area contributed by atoms with Crippen molar-refractivity contribution in [3.63, 3.8) is 0 Å². The predicted molar refractivity (Wildman–Crippen MR) is 76.4 cm³/mol. The number of hydrogen-bond donors (Lipinski definition) is 0. The van der Waals surface area contributed by atoms with Gasteiger partial charge in [0.05, 0.1) is 17.7 Å². The van der Waals surface area contributed by atoms with Gasteiger partial charge in [-0.3, -0.25) is 9.79 Å². The zero-order valence-corrected chi connectivity index (χ0v) is 11.6. The molecule has 0 radical (unpaired) electrons. The Labute approximate surface area is 114 Å². The highest BCUT2D eigenvalue weighted by atomic mass is 16.5. The first kappa shape index (κ1) is 13.7. The van der Waals surface area contributed by atoms with Crippen LogP contribution in [0.3, 0.4) is 0 Å². The maximum atomic E-state index is 12.1. The lowest BCUT2D eigenvalue weighted by molar-refractivity contribution is 0.100. The topological polar surface area (TPSA) is 41.9 Å². The maximum Gasteiger partial charge on any atom is 0.172 e. The molecule has 0 bridgehead atoms. The monoisotopic (exact) mass is 260 g/mol. The Kier molecular flexibility index (Phi) is 4.68. The van der Waals surface area contributed by atoms with Crippen LogP contribution < -0.4 is 4.74 Å². The van der Waals surface area contributed by atoms with Crippen molar-refractivity contribution in [2.75, 3.05) is 33.8 Å². The van der Waals surface area contributed by atoms with E-state index < -0.39 is 0 Å². The van der Waals surface area contributed by atoms with Gasteiger partial charge in [0.25, 0.3) is 0 Å². The van der Waals surface area contributed by atoms with Crippen molar-refractivity contribution in [2.45, 2.75) is 12.8 Å². The van der Waals surface area contributed by atoms with Gasteiger partial charge in [0.15, 0.2) is 5.78 Å². The van der Waals surface area contributed by atoms with Crippen LogP contribution in [0, 0.1) is 0 Å². The van der Waals surface area contributed by atoms with Gasteiger partial charge in [-0.2, -0.15) is 0 Å². The molecule has 1 aromatic carbocycles. The molecule has 2 rings (SSSR count). The Morgan fingerprint density at radius 2 is 2.11 bits per heavy atom. The molecule has 1 aromatic rings. The molecular formula is C15H20N2O2. The second-order valence-electron chi connectivity index (χ2n) is 4.99.